The highest BCUT2D eigenvalue weighted by molar-refractivity contribution is 7.22. The molecule has 1 amide bonds. The molecule has 0 bridgehead atoms. The number of nitrogens with two attached hydrogens (primary N) is 1. The Balaban J connectivity index is 0.000000186. The average molecular weight is 434 g/mol. The number of anilines is 1. The third-order valence-corrected chi connectivity index (χ3v) is 5.79. The number of fused-ring (bicyclic) bond motifs is 1. The van der Waals surface area contributed by atoms with Crippen molar-refractivity contribution in [1.29, 1.82) is 0 Å². The molecule has 0 atom stereocenters. The topological polar surface area (TPSA) is 86.5 Å². The van der Waals surface area contributed by atoms with Gasteiger partial charge in [0.05, 0.1) is 24.4 Å². The van der Waals surface area contributed by atoms with Crippen LogP contribution in [-0.2, 0) is 0 Å². The quantitative estimate of drug-likeness (QED) is 0.610. The number of nitrogens with zero attached hydrogens (tertiary/aromatic N) is 1. The van der Waals surface area contributed by atoms with Crippen LogP contribution in [0.1, 0.15) is 36.0 Å². The molecule has 0 aliphatic heterocycles. The van der Waals surface area contributed by atoms with Crippen molar-refractivity contribution in [2.75, 3.05) is 20.0 Å². The summed E-state index contributed by atoms with van der Waals surface area (Å²) in [6.07, 6.45) is 4.49. The molecule has 29 heavy (non-hydrogen) atoms. The van der Waals surface area contributed by atoms with Crippen LogP contribution < -0.4 is 20.5 Å². The van der Waals surface area contributed by atoms with Gasteiger partial charge in [0.2, 0.25) is 0 Å². The van der Waals surface area contributed by atoms with Gasteiger partial charge in [-0.25, -0.2) is 4.98 Å². The molecule has 1 aromatic heterocycles. The number of benzene rings is 2. The molecule has 4 rings (SSSR count). The smallest absolute Gasteiger partial charge is 0.259 e. The van der Waals surface area contributed by atoms with Crippen LogP contribution in [0.3, 0.4) is 0 Å². The zero-order chi connectivity index (χ0) is 20.8. The number of halogens is 1. The van der Waals surface area contributed by atoms with Crippen LogP contribution in [0.25, 0.3) is 10.2 Å². The number of nitrogen functional groups attached to an aromatic ring is 1. The second-order valence-electron chi connectivity index (χ2n) is 6.66. The van der Waals surface area contributed by atoms with Gasteiger partial charge >= 0.3 is 0 Å². The molecule has 2 aromatic carbocycles. The fourth-order valence-electron chi connectivity index (χ4n) is 3.32. The van der Waals surface area contributed by atoms with E-state index in [4.69, 9.17) is 26.8 Å². The third-order valence-electron chi connectivity index (χ3n) is 4.71. The van der Waals surface area contributed by atoms with Crippen molar-refractivity contribution in [2.24, 2.45) is 0 Å². The number of hydrogen-bond donors (Lipinski definition) is 2. The largest absolute Gasteiger partial charge is 0.496 e. The summed E-state index contributed by atoms with van der Waals surface area (Å²) in [4.78, 5) is 16.4. The van der Waals surface area contributed by atoms with Gasteiger partial charge in [0.25, 0.3) is 5.91 Å². The van der Waals surface area contributed by atoms with Gasteiger partial charge in [-0.05, 0) is 43.2 Å². The number of nitrogens with one attached hydrogen (secondary N) is 1. The van der Waals surface area contributed by atoms with Gasteiger partial charge in [-0.1, -0.05) is 41.8 Å². The summed E-state index contributed by atoms with van der Waals surface area (Å²) in [7, 11) is 3.11. The first-order chi connectivity index (χ1) is 14.0. The Morgan fingerprint density at radius 3 is 2.45 bits per heavy atom. The maximum atomic E-state index is 12.3. The molecule has 8 heteroatoms. The minimum atomic E-state index is -0.115. The maximum Gasteiger partial charge on any atom is 0.259 e. The fourth-order valence-corrected chi connectivity index (χ4v) is 4.33. The Bertz CT molecular complexity index is 964. The first-order valence-electron chi connectivity index (χ1n) is 9.35. The van der Waals surface area contributed by atoms with Crippen molar-refractivity contribution >= 4 is 44.2 Å². The lowest BCUT2D eigenvalue weighted by atomic mass is 10.1. The second kappa shape index (κ2) is 9.80. The lowest BCUT2D eigenvalue weighted by Crippen LogP contribution is -2.33. The predicted octanol–water partition coefficient (Wildman–Crippen LogP) is 4.91. The number of rotatable bonds is 4. The van der Waals surface area contributed by atoms with Gasteiger partial charge in [-0.15, -0.1) is 0 Å². The van der Waals surface area contributed by atoms with Crippen LogP contribution >= 0.6 is 22.9 Å². The maximum absolute atomic E-state index is 12.3. The number of hydrogen-bond acceptors (Lipinski definition) is 6. The normalized spacial score (nSPS) is 13.6. The summed E-state index contributed by atoms with van der Waals surface area (Å²) in [6, 6.07) is 11.2. The first kappa shape index (κ1) is 21.2. The number of carbonyl (C=O) groups is 1. The molecular weight excluding hydrogens is 410 g/mol. The highest BCUT2D eigenvalue weighted by Crippen LogP contribution is 2.29. The summed E-state index contributed by atoms with van der Waals surface area (Å²) in [5.41, 5.74) is 6.90. The summed E-state index contributed by atoms with van der Waals surface area (Å²) in [5, 5.41) is 4.35. The van der Waals surface area contributed by atoms with E-state index in [0.717, 1.165) is 28.1 Å². The van der Waals surface area contributed by atoms with E-state index in [1.165, 1.54) is 24.2 Å². The van der Waals surface area contributed by atoms with Crippen LogP contribution in [0.2, 0.25) is 5.02 Å². The number of amides is 1. The molecule has 1 saturated carbocycles. The molecular formula is C21H24ClN3O3S. The molecule has 0 spiro atoms. The Morgan fingerprint density at radius 2 is 1.83 bits per heavy atom. The van der Waals surface area contributed by atoms with Crippen molar-refractivity contribution in [2.45, 2.75) is 31.7 Å². The van der Waals surface area contributed by atoms with E-state index in [1.54, 1.807) is 26.4 Å². The van der Waals surface area contributed by atoms with Gasteiger partial charge < -0.3 is 20.5 Å². The van der Waals surface area contributed by atoms with E-state index in [0.29, 0.717) is 22.2 Å². The molecule has 0 saturated heterocycles. The molecule has 154 valence electrons. The van der Waals surface area contributed by atoms with Crippen LogP contribution in [-0.4, -0.2) is 31.2 Å². The summed E-state index contributed by atoms with van der Waals surface area (Å²) >= 11 is 7.21. The fraction of sp³-hybridized carbons (Fsp3) is 0.333. The first-order valence-corrected chi connectivity index (χ1v) is 10.5. The number of thiazole rings is 1. The van der Waals surface area contributed by atoms with E-state index < -0.39 is 0 Å². The van der Waals surface area contributed by atoms with Crippen LogP contribution in [0.5, 0.6) is 11.5 Å². The van der Waals surface area contributed by atoms with Gasteiger partial charge in [-0.3, -0.25) is 4.79 Å². The van der Waals surface area contributed by atoms with Gasteiger partial charge in [0, 0.05) is 11.1 Å². The number of ether oxygens (including phenoxy) is 2. The van der Waals surface area contributed by atoms with E-state index in [9.17, 15) is 4.79 Å². The number of aromatic nitrogens is 1. The van der Waals surface area contributed by atoms with Crippen LogP contribution in [0.15, 0.2) is 36.4 Å². The monoisotopic (exact) mass is 433 g/mol. The van der Waals surface area contributed by atoms with E-state index >= 15 is 0 Å². The number of carbonyl (C=O) groups excluding carboxylic acids is 1. The minimum Gasteiger partial charge on any atom is -0.496 e. The molecule has 3 aromatic rings. The lowest BCUT2D eigenvalue weighted by molar-refractivity contribution is 0.0931. The molecule has 3 N–H and O–H groups in total. The molecule has 1 aliphatic rings. The van der Waals surface area contributed by atoms with Crippen molar-refractivity contribution in [3.8, 4) is 11.5 Å². The van der Waals surface area contributed by atoms with E-state index in [-0.39, 0.29) is 11.9 Å². The zero-order valence-corrected chi connectivity index (χ0v) is 18.0. The average Bonchev–Trinajstić information content (AvgIpc) is 3.35. The standard InChI is InChI=1S/C14H19NO3.C7H5ClN2S/c1-17-11-8-5-9-12(18-2)13(11)14(16)15-10-6-3-4-7-10;8-4-1-2-5-6(3-4)11-7(9)10-5/h5,8-10H,3-4,6-7H2,1-2H3,(H,15,16);1-3H,(H2,9,10). The zero-order valence-electron chi connectivity index (χ0n) is 16.4. The Morgan fingerprint density at radius 1 is 1.17 bits per heavy atom. The lowest BCUT2D eigenvalue weighted by Gasteiger charge is -2.16. The molecule has 0 radical (unpaired) electrons. The van der Waals surface area contributed by atoms with Crippen molar-refractivity contribution in [3.63, 3.8) is 0 Å². The van der Waals surface area contributed by atoms with Crippen molar-refractivity contribution < 1.29 is 14.3 Å². The summed E-state index contributed by atoms with van der Waals surface area (Å²) in [6.45, 7) is 0. The number of methoxy groups -OCH3 is 2. The molecule has 1 aliphatic carbocycles. The van der Waals surface area contributed by atoms with Crippen LogP contribution in [0.4, 0.5) is 5.13 Å². The van der Waals surface area contributed by atoms with E-state index in [2.05, 4.69) is 10.3 Å². The predicted molar refractivity (Wildman–Crippen MR) is 118 cm³/mol. The van der Waals surface area contributed by atoms with Gasteiger partial charge in [-0.2, -0.15) is 0 Å². The van der Waals surface area contributed by atoms with E-state index in [1.807, 2.05) is 24.3 Å². The van der Waals surface area contributed by atoms with Gasteiger partial charge in [0.1, 0.15) is 17.1 Å². The summed E-state index contributed by atoms with van der Waals surface area (Å²) in [5.74, 6) is 0.978. The minimum absolute atomic E-state index is 0.115. The van der Waals surface area contributed by atoms with Gasteiger partial charge in [0.15, 0.2) is 5.13 Å². The molecule has 0 unspecified atom stereocenters. The van der Waals surface area contributed by atoms with Crippen molar-refractivity contribution in [3.05, 3.63) is 47.0 Å². The highest BCUT2D eigenvalue weighted by Gasteiger charge is 2.22. The SMILES string of the molecule is COc1cccc(OC)c1C(=O)NC1CCCC1.Nc1nc2ccc(Cl)cc2s1. The summed E-state index contributed by atoms with van der Waals surface area (Å²) < 4.78 is 11.5. The second-order valence-corrected chi connectivity index (χ2v) is 8.16. The third kappa shape index (κ3) is 5.31. The van der Waals surface area contributed by atoms with Crippen LogP contribution in [0, 0.1) is 0 Å². The van der Waals surface area contributed by atoms with Crippen molar-refractivity contribution in [1.82, 2.24) is 10.3 Å². The Hall–Kier alpha value is -2.51. The highest BCUT2D eigenvalue weighted by atomic mass is 35.5. The Labute approximate surface area is 179 Å². The molecule has 1 fully saturated rings. The molecule has 6 nitrogen and oxygen atoms in total. The molecule has 1 heterocycles. The Kier molecular flexibility index (Phi) is 7.17.